The zero-order chi connectivity index (χ0) is 13.4. The summed E-state index contributed by atoms with van der Waals surface area (Å²) in [6.45, 7) is 2.63. The van der Waals surface area contributed by atoms with Crippen molar-refractivity contribution in [3.8, 4) is 11.3 Å². The minimum atomic E-state index is -0.442. The van der Waals surface area contributed by atoms with Gasteiger partial charge in [-0.25, -0.2) is 9.78 Å². The molecule has 0 saturated heterocycles. The maximum Gasteiger partial charge on any atom is 0.417 e. The summed E-state index contributed by atoms with van der Waals surface area (Å²) in [4.78, 5) is 18.3. The van der Waals surface area contributed by atoms with E-state index in [1.165, 1.54) is 0 Å². The molecule has 0 bridgehead atoms. The number of aromatic amines is 1. The summed E-state index contributed by atoms with van der Waals surface area (Å²) in [7, 11) is 0. The van der Waals surface area contributed by atoms with Crippen LogP contribution in [0.25, 0.3) is 22.4 Å². The predicted octanol–water partition coefficient (Wildman–Crippen LogP) is 2.31. The number of fused-ring (bicyclic) bond motifs is 1. The van der Waals surface area contributed by atoms with Crippen LogP contribution in [-0.2, 0) is 0 Å². The standard InChI is InChI=1S/C13H13N3O2S/c1-7(5-14)12-15-10(6-19-12)8-2-3-9-11(4-8)18-13(17)16-9/h2-4,6-7H,5,14H2,1H3,(H,16,17). The van der Waals surface area contributed by atoms with Gasteiger partial charge in [-0.05, 0) is 12.1 Å². The number of benzene rings is 1. The Morgan fingerprint density at radius 3 is 3.16 bits per heavy atom. The smallest absolute Gasteiger partial charge is 0.408 e. The summed E-state index contributed by atoms with van der Waals surface area (Å²) in [6, 6.07) is 5.56. The molecule has 1 aromatic carbocycles. The predicted molar refractivity (Wildman–Crippen MR) is 75.4 cm³/mol. The van der Waals surface area contributed by atoms with E-state index in [0.717, 1.165) is 16.3 Å². The molecule has 5 nitrogen and oxygen atoms in total. The number of rotatable bonds is 3. The van der Waals surface area contributed by atoms with Crippen molar-refractivity contribution < 1.29 is 4.42 Å². The van der Waals surface area contributed by atoms with Crippen molar-refractivity contribution in [2.45, 2.75) is 12.8 Å². The van der Waals surface area contributed by atoms with E-state index in [9.17, 15) is 4.79 Å². The Balaban J connectivity index is 2.03. The highest BCUT2D eigenvalue weighted by Crippen LogP contribution is 2.27. The molecule has 0 amide bonds. The van der Waals surface area contributed by atoms with Gasteiger partial charge in [-0.2, -0.15) is 0 Å². The average molecular weight is 275 g/mol. The van der Waals surface area contributed by atoms with Crippen LogP contribution in [-0.4, -0.2) is 16.5 Å². The van der Waals surface area contributed by atoms with E-state index in [1.54, 1.807) is 11.3 Å². The van der Waals surface area contributed by atoms with Gasteiger partial charge in [0.05, 0.1) is 16.2 Å². The summed E-state index contributed by atoms with van der Waals surface area (Å²) < 4.78 is 5.05. The molecule has 6 heteroatoms. The fraction of sp³-hybridized carbons (Fsp3) is 0.231. The molecular weight excluding hydrogens is 262 g/mol. The Labute approximate surface area is 113 Å². The Morgan fingerprint density at radius 2 is 2.37 bits per heavy atom. The Morgan fingerprint density at radius 1 is 1.53 bits per heavy atom. The van der Waals surface area contributed by atoms with Crippen LogP contribution < -0.4 is 11.5 Å². The van der Waals surface area contributed by atoms with Crippen LogP contribution in [0, 0.1) is 0 Å². The highest BCUT2D eigenvalue weighted by molar-refractivity contribution is 7.10. The summed E-state index contributed by atoms with van der Waals surface area (Å²) in [6.07, 6.45) is 0. The van der Waals surface area contributed by atoms with Crippen molar-refractivity contribution in [1.29, 1.82) is 0 Å². The minimum absolute atomic E-state index is 0.257. The average Bonchev–Trinajstić information content (AvgIpc) is 3.01. The quantitative estimate of drug-likeness (QED) is 0.768. The zero-order valence-electron chi connectivity index (χ0n) is 10.3. The molecule has 19 heavy (non-hydrogen) atoms. The Hall–Kier alpha value is -1.92. The van der Waals surface area contributed by atoms with E-state index in [1.807, 2.05) is 23.6 Å². The van der Waals surface area contributed by atoms with Crippen LogP contribution in [0.4, 0.5) is 0 Å². The largest absolute Gasteiger partial charge is 0.417 e. The molecule has 0 aliphatic carbocycles. The van der Waals surface area contributed by atoms with E-state index in [-0.39, 0.29) is 5.92 Å². The highest BCUT2D eigenvalue weighted by atomic mass is 32.1. The van der Waals surface area contributed by atoms with E-state index in [0.29, 0.717) is 17.6 Å². The summed E-state index contributed by atoms with van der Waals surface area (Å²) in [5.41, 5.74) is 8.69. The Kier molecular flexibility index (Phi) is 2.96. The van der Waals surface area contributed by atoms with Crippen molar-refractivity contribution in [2.75, 3.05) is 6.54 Å². The molecule has 0 aliphatic rings. The number of nitrogens with one attached hydrogen (secondary N) is 1. The maximum atomic E-state index is 11.1. The third kappa shape index (κ3) is 2.20. The Bertz CT molecular complexity index is 771. The van der Waals surface area contributed by atoms with Crippen molar-refractivity contribution in [3.63, 3.8) is 0 Å². The molecule has 0 saturated carbocycles. The topological polar surface area (TPSA) is 84.9 Å². The van der Waals surface area contributed by atoms with Gasteiger partial charge in [-0.15, -0.1) is 11.3 Å². The van der Waals surface area contributed by atoms with Crippen LogP contribution >= 0.6 is 11.3 Å². The molecule has 0 aliphatic heterocycles. The van der Waals surface area contributed by atoms with Gasteiger partial charge in [0.25, 0.3) is 0 Å². The number of nitrogens with two attached hydrogens (primary N) is 1. The summed E-state index contributed by atoms with van der Waals surface area (Å²) in [5, 5.41) is 3.01. The number of hydrogen-bond donors (Lipinski definition) is 2. The minimum Gasteiger partial charge on any atom is -0.408 e. The molecule has 3 aromatic rings. The molecule has 3 rings (SSSR count). The third-order valence-corrected chi connectivity index (χ3v) is 4.09. The second-order valence-electron chi connectivity index (χ2n) is 4.43. The monoisotopic (exact) mass is 275 g/mol. The van der Waals surface area contributed by atoms with E-state index in [4.69, 9.17) is 10.2 Å². The number of hydrogen-bond acceptors (Lipinski definition) is 5. The number of aromatic nitrogens is 2. The van der Waals surface area contributed by atoms with E-state index in [2.05, 4.69) is 16.9 Å². The molecule has 1 unspecified atom stereocenters. The van der Waals surface area contributed by atoms with Crippen molar-refractivity contribution >= 4 is 22.4 Å². The van der Waals surface area contributed by atoms with E-state index < -0.39 is 5.76 Å². The number of nitrogens with zero attached hydrogens (tertiary/aromatic N) is 1. The molecule has 98 valence electrons. The van der Waals surface area contributed by atoms with Crippen LogP contribution in [0.3, 0.4) is 0 Å². The lowest BCUT2D eigenvalue weighted by atomic mass is 10.1. The fourth-order valence-electron chi connectivity index (χ4n) is 1.85. The normalized spacial score (nSPS) is 12.9. The van der Waals surface area contributed by atoms with Gasteiger partial charge in [-0.3, -0.25) is 4.98 Å². The van der Waals surface area contributed by atoms with Crippen LogP contribution in [0.5, 0.6) is 0 Å². The van der Waals surface area contributed by atoms with Gasteiger partial charge in [0.15, 0.2) is 5.58 Å². The molecule has 0 radical (unpaired) electrons. The van der Waals surface area contributed by atoms with Gasteiger partial charge in [0.1, 0.15) is 0 Å². The fourth-order valence-corrected chi connectivity index (χ4v) is 2.75. The van der Waals surface area contributed by atoms with E-state index >= 15 is 0 Å². The number of thiazole rings is 1. The SMILES string of the molecule is CC(CN)c1nc(-c2ccc3[nH]c(=O)oc3c2)cs1. The van der Waals surface area contributed by atoms with Crippen LogP contribution in [0.1, 0.15) is 17.8 Å². The molecule has 3 N–H and O–H groups in total. The van der Waals surface area contributed by atoms with Gasteiger partial charge in [0, 0.05) is 23.4 Å². The first kappa shape index (κ1) is 12.1. The van der Waals surface area contributed by atoms with Crippen LogP contribution in [0.2, 0.25) is 0 Å². The lowest BCUT2D eigenvalue weighted by Crippen LogP contribution is -2.08. The molecule has 2 aromatic heterocycles. The molecule has 0 spiro atoms. The molecule has 1 atom stereocenters. The molecule has 2 heterocycles. The number of H-pyrrole nitrogens is 1. The van der Waals surface area contributed by atoms with Crippen molar-refractivity contribution in [1.82, 2.24) is 9.97 Å². The van der Waals surface area contributed by atoms with Gasteiger partial charge < -0.3 is 10.2 Å². The summed E-state index contributed by atoms with van der Waals surface area (Å²) >= 11 is 1.60. The van der Waals surface area contributed by atoms with Crippen LogP contribution in [0.15, 0.2) is 32.8 Å². The first-order valence-electron chi connectivity index (χ1n) is 5.96. The first-order chi connectivity index (χ1) is 9.17. The maximum absolute atomic E-state index is 11.1. The second-order valence-corrected chi connectivity index (χ2v) is 5.32. The number of oxazole rings is 1. The third-order valence-electron chi connectivity index (χ3n) is 3.01. The molecule has 0 fully saturated rings. The first-order valence-corrected chi connectivity index (χ1v) is 6.84. The summed E-state index contributed by atoms with van der Waals surface area (Å²) in [5.74, 6) is -0.185. The highest BCUT2D eigenvalue weighted by Gasteiger charge is 2.11. The van der Waals surface area contributed by atoms with Gasteiger partial charge in [0.2, 0.25) is 0 Å². The second kappa shape index (κ2) is 4.64. The lowest BCUT2D eigenvalue weighted by molar-refractivity contribution is 0.555. The molecular formula is C13H13N3O2S. The zero-order valence-corrected chi connectivity index (χ0v) is 11.2. The van der Waals surface area contributed by atoms with Crippen molar-refractivity contribution in [2.24, 2.45) is 5.73 Å². The lowest BCUT2D eigenvalue weighted by Gasteiger charge is -2.02. The van der Waals surface area contributed by atoms with Crippen molar-refractivity contribution in [3.05, 3.63) is 39.1 Å². The van der Waals surface area contributed by atoms with Gasteiger partial charge in [-0.1, -0.05) is 13.0 Å². The van der Waals surface area contributed by atoms with Gasteiger partial charge >= 0.3 is 5.76 Å².